The lowest BCUT2D eigenvalue weighted by Crippen LogP contribution is -2.09. The maximum absolute atomic E-state index is 12.5. The van der Waals surface area contributed by atoms with E-state index in [9.17, 15) is 26.3 Å². The number of hydrogen-bond donors (Lipinski definition) is 0. The monoisotopic (exact) mass is 215 g/mol. The van der Waals surface area contributed by atoms with Crippen molar-refractivity contribution in [3.05, 3.63) is 29.3 Å². The molecule has 0 amide bonds. The third-order valence-electron chi connectivity index (χ3n) is 1.41. The summed E-state index contributed by atoms with van der Waals surface area (Å²) in [7, 11) is 0. The Morgan fingerprint density at radius 1 is 1.21 bits per heavy atom. The minimum absolute atomic E-state index is 0. The molecule has 0 aliphatic carbocycles. The van der Waals surface area contributed by atoms with Gasteiger partial charge >= 0.3 is 6.18 Å². The van der Waals surface area contributed by atoms with Gasteiger partial charge in [-0.1, -0.05) is 0 Å². The van der Waals surface area contributed by atoms with Crippen molar-refractivity contribution < 1.29 is 26.3 Å². The lowest BCUT2D eigenvalue weighted by molar-refractivity contribution is -0.141. The maximum atomic E-state index is 12.5. The summed E-state index contributed by atoms with van der Waals surface area (Å²) in [5.74, 6) is -1.45. The lowest BCUT2D eigenvalue weighted by Gasteiger charge is -2.07. The van der Waals surface area contributed by atoms with Gasteiger partial charge in [0.25, 0.3) is 6.43 Å². The first-order valence-electron chi connectivity index (χ1n) is 3.33. The highest BCUT2D eigenvalue weighted by Gasteiger charge is 2.34. The van der Waals surface area contributed by atoms with E-state index in [0.29, 0.717) is 0 Å². The average Bonchev–Trinajstić information content (AvgIpc) is 2.02. The van der Waals surface area contributed by atoms with Crippen LogP contribution in [0.5, 0.6) is 0 Å². The number of pyridine rings is 1. The first kappa shape index (κ1) is 10.8. The van der Waals surface area contributed by atoms with Crippen molar-refractivity contribution in [3.8, 4) is 0 Å². The molecule has 1 heterocycles. The van der Waals surface area contributed by atoms with Gasteiger partial charge in [0.1, 0.15) is 11.5 Å². The van der Waals surface area contributed by atoms with Gasteiger partial charge in [-0.05, 0) is 6.07 Å². The molecule has 0 saturated heterocycles. The zero-order chi connectivity index (χ0) is 10.9. The Kier molecular flexibility index (Phi) is 2.68. The molecule has 7 heteroatoms. The second-order valence-electron chi connectivity index (χ2n) is 2.39. The lowest BCUT2D eigenvalue weighted by atomic mass is 10.2. The van der Waals surface area contributed by atoms with E-state index in [1.807, 2.05) is 0 Å². The van der Waals surface area contributed by atoms with Crippen LogP contribution in [0.25, 0.3) is 0 Å². The first-order valence-corrected chi connectivity index (χ1v) is 3.33. The van der Waals surface area contributed by atoms with Crippen molar-refractivity contribution in [2.45, 2.75) is 12.6 Å². The predicted octanol–water partition coefficient (Wildman–Crippen LogP) is 3.18. The number of alkyl halides is 5. The summed E-state index contributed by atoms with van der Waals surface area (Å²) in [6.07, 6.45) is -8.01. The van der Waals surface area contributed by atoms with E-state index in [1.54, 1.807) is 0 Å². The van der Waals surface area contributed by atoms with Crippen LogP contribution in [0.3, 0.4) is 0 Å². The minimum atomic E-state index is -4.85. The Hall–Kier alpha value is -1.27. The maximum Gasteiger partial charge on any atom is 0.433 e. The van der Waals surface area contributed by atoms with Crippen LogP contribution in [0.1, 0.15) is 17.7 Å². The molecular weight excluding hydrogens is 212 g/mol. The molecule has 0 aliphatic heterocycles. The van der Waals surface area contributed by atoms with Crippen molar-refractivity contribution >= 4 is 0 Å². The molecule has 78 valence electrons. The molecule has 1 nitrogen and oxygen atoms in total. The number of nitrogens with zero attached hydrogens (tertiary/aromatic N) is 1. The molecule has 14 heavy (non-hydrogen) atoms. The molecule has 0 aliphatic rings. The summed E-state index contributed by atoms with van der Waals surface area (Å²) >= 11 is 0. The molecule has 1 rings (SSSR count). The van der Waals surface area contributed by atoms with E-state index in [2.05, 4.69) is 4.98 Å². The van der Waals surface area contributed by atoms with Gasteiger partial charge in [-0.3, -0.25) is 0 Å². The summed E-state index contributed by atoms with van der Waals surface area (Å²) in [6.45, 7) is 0. The van der Waals surface area contributed by atoms with Crippen molar-refractivity contribution in [3.63, 3.8) is 0 Å². The summed E-state index contributed by atoms with van der Waals surface area (Å²) in [5, 5.41) is 0. The molecule has 1 aromatic rings. The SMILES string of the molecule is Fc1cnc(C(F)(F)F)cc1C(F)F. The van der Waals surface area contributed by atoms with Crippen LogP contribution in [0.15, 0.2) is 12.3 Å². The van der Waals surface area contributed by atoms with Gasteiger partial charge in [-0.2, -0.15) is 13.2 Å². The van der Waals surface area contributed by atoms with Crippen LogP contribution < -0.4 is 0 Å². The standard InChI is InChI=1S/C7H3F6N/c8-4-2-14-5(7(11,12)13)1-3(4)6(9)10/h1-2,6H. The molecule has 0 atom stereocenters. The van der Waals surface area contributed by atoms with Crippen LogP contribution in [0.2, 0.25) is 0 Å². The Labute approximate surface area is 74.4 Å². The largest absolute Gasteiger partial charge is 0.433 e. The van der Waals surface area contributed by atoms with Gasteiger partial charge in [0.2, 0.25) is 0 Å². The Bertz CT molecular complexity index is 331. The zero-order valence-electron chi connectivity index (χ0n) is 6.45. The van der Waals surface area contributed by atoms with Crippen LogP contribution in [-0.2, 0) is 6.18 Å². The first-order chi connectivity index (χ1) is 6.32. The molecule has 0 bridgehead atoms. The Morgan fingerprint density at radius 2 is 1.79 bits per heavy atom. The van der Waals surface area contributed by atoms with Gasteiger partial charge in [0, 0.05) is 0 Å². The number of rotatable bonds is 1. The smallest absolute Gasteiger partial charge is 0.249 e. The molecule has 1 aromatic heterocycles. The molecule has 0 saturated carbocycles. The molecule has 0 spiro atoms. The van der Waals surface area contributed by atoms with E-state index < -0.39 is 29.7 Å². The molecular formula is C7H3F6N. The highest BCUT2D eigenvalue weighted by Crippen LogP contribution is 2.31. The molecule has 0 aromatic carbocycles. The second kappa shape index (κ2) is 3.47. The third-order valence-corrected chi connectivity index (χ3v) is 1.41. The highest BCUT2D eigenvalue weighted by atomic mass is 19.4. The second-order valence-corrected chi connectivity index (χ2v) is 2.39. The Balaban J connectivity index is 3.20. The summed E-state index contributed by atoms with van der Waals surface area (Å²) < 4.78 is 72.2. The van der Waals surface area contributed by atoms with Crippen molar-refractivity contribution in [1.29, 1.82) is 0 Å². The number of halogens is 6. The minimum Gasteiger partial charge on any atom is -0.249 e. The quantitative estimate of drug-likeness (QED) is 0.655. The van der Waals surface area contributed by atoms with Crippen LogP contribution in [0.4, 0.5) is 26.3 Å². The van der Waals surface area contributed by atoms with Crippen molar-refractivity contribution in [2.24, 2.45) is 0 Å². The number of hydrogen-bond acceptors (Lipinski definition) is 1. The summed E-state index contributed by atoms with van der Waals surface area (Å²) in [4.78, 5) is 2.66. The van der Waals surface area contributed by atoms with Gasteiger partial charge < -0.3 is 0 Å². The third kappa shape index (κ3) is 2.15. The van der Waals surface area contributed by atoms with Gasteiger partial charge in [-0.15, -0.1) is 0 Å². The van der Waals surface area contributed by atoms with E-state index >= 15 is 0 Å². The fourth-order valence-corrected chi connectivity index (χ4v) is 0.777. The number of aromatic nitrogens is 1. The van der Waals surface area contributed by atoms with Crippen LogP contribution in [-0.4, -0.2) is 4.98 Å². The predicted molar refractivity (Wildman–Crippen MR) is 34.2 cm³/mol. The zero-order valence-corrected chi connectivity index (χ0v) is 6.45. The van der Waals surface area contributed by atoms with E-state index in [0.717, 1.165) is 0 Å². The fourth-order valence-electron chi connectivity index (χ4n) is 0.777. The molecule has 0 N–H and O–H groups in total. The van der Waals surface area contributed by atoms with Crippen LogP contribution >= 0.6 is 0 Å². The Morgan fingerprint density at radius 3 is 2.21 bits per heavy atom. The fraction of sp³-hybridized carbons (Fsp3) is 0.286. The topological polar surface area (TPSA) is 12.9 Å². The summed E-state index contributed by atoms with van der Waals surface area (Å²) in [5.41, 5.74) is -2.83. The summed E-state index contributed by atoms with van der Waals surface area (Å²) in [6, 6.07) is 0. The van der Waals surface area contributed by atoms with Gasteiger partial charge in [0.15, 0.2) is 0 Å². The molecule has 0 unspecified atom stereocenters. The van der Waals surface area contributed by atoms with E-state index in [4.69, 9.17) is 0 Å². The van der Waals surface area contributed by atoms with Crippen LogP contribution in [0, 0.1) is 5.82 Å². The van der Waals surface area contributed by atoms with Gasteiger partial charge in [-0.25, -0.2) is 18.2 Å². The normalized spacial score (nSPS) is 12.2. The van der Waals surface area contributed by atoms with Gasteiger partial charge in [0.05, 0.1) is 11.8 Å². The van der Waals surface area contributed by atoms with Crippen molar-refractivity contribution in [2.75, 3.05) is 0 Å². The van der Waals surface area contributed by atoms with E-state index in [-0.39, 0.29) is 12.3 Å². The molecule has 0 radical (unpaired) electrons. The van der Waals surface area contributed by atoms with Crippen molar-refractivity contribution in [1.82, 2.24) is 4.98 Å². The molecule has 0 fully saturated rings. The highest BCUT2D eigenvalue weighted by molar-refractivity contribution is 5.21. The van der Waals surface area contributed by atoms with E-state index in [1.165, 1.54) is 0 Å². The average molecular weight is 215 g/mol.